The molecule has 0 radical (unpaired) electrons. The number of hydrogen-bond donors (Lipinski definition) is 1. The summed E-state index contributed by atoms with van der Waals surface area (Å²) in [5.41, 5.74) is 5.87. The van der Waals surface area contributed by atoms with Gasteiger partial charge in [0.05, 0.1) is 12.5 Å². The Morgan fingerprint density at radius 2 is 2.17 bits per heavy atom. The van der Waals surface area contributed by atoms with Crippen molar-refractivity contribution in [2.45, 2.75) is 24.2 Å². The van der Waals surface area contributed by atoms with Gasteiger partial charge in [0, 0.05) is 31.3 Å². The van der Waals surface area contributed by atoms with Crippen LogP contribution in [-0.2, 0) is 10.0 Å². The first-order valence-corrected chi connectivity index (χ1v) is 9.00. The highest BCUT2D eigenvalue weighted by Crippen LogP contribution is 2.49. The van der Waals surface area contributed by atoms with Crippen LogP contribution in [0.1, 0.15) is 19.3 Å². The summed E-state index contributed by atoms with van der Waals surface area (Å²) < 4.78 is 44.1. The van der Waals surface area contributed by atoms with Gasteiger partial charge in [-0.05, 0) is 24.3 Å². The molecule has 1 aliphatic carbocycles. The van der Waals surface area contributed by atoms with Crippen molar-refractivity contribution >= 4 is 10.0 Å². The summed E-state index contributed by atoms with van der Waals surface area (Å²) >= 11 is 0. The minimum atomic E-state index is -3.48. The van der Waals surface area contributed by atoms with Crippen molar-refractivity contribution in [2.24, 2.45) is 11.1 Å². The van der Waals surface area contributed by atoms with Gasteiger partial charge in [-0.2, -0.15) is 4.31 Å². The number of aromatic nitrogens is 1. The fourth-order valence-electron chi connectivity index (χ4n) is 2.92. The van der Waals surface area contributed by atoms with Crippen molar-refractivity contribution in [2.75, 3.05) is 26.2 Å². The highest BCUT2D eigenvalue weighted by atomic mass is 32.2. The molecule has 0 unspecified atom stereocenters. The highest BCUT2D eigenvalue weighted by Gasteiger charge is 2.51. The third kappa shape index (κ3) is 3.11. The first-order chi connectivity index (χ1) is 11.0. The Kier molecular flexibility index (Phi) is 4.39. The number of nitrogens with two attached hydrogens (primary N) is 1. The van der Waals surface area contributed by atoms with Gasteiger partial charge in [0.25, 0.3) is 0 Å². The lowest BCUT2D eigenvalue weighted by molar-refractivity contribution is -0.00795. The van der Waals surface area contributed by atoms with Crippen molar-refractivity contribution in [3.05, 3.63) is 30.2 Å². The van der Waals surface area contributed by atoms with Crippen LogP contribution in [0.25, 0.3) is 0 Å². The Balaban J connectivity index is 1.62. The van der Waals surface area contributed by atoms with E-state index in [9.17, 15) is 12.8 Å². The SMILES string of the molecule is NC/C(=C/F)COc1ccc(S(=O)(=O)N2CC3(CCC3)C2)cn1. The summed E-state index contributed by atoms with van der Waals surface area (Å²) in [6.45, 7) is 1.25. The van der Waals surface area contributed by atoms with E-state index in [0.29, 0.717) is 25.0 Å². The standard InChI is InChI=1S/C15H20FN3O3S/c16-6-12(7-17)9-22-14-3-2-13(8-18-14)23(20,21)19-10-15(11-19)4-1-5-15/h2-3,6,8H,1,4-5,7,9-11,17H2/b12-6-. The van der Waals surface area contributed by atoms with Crippen LogP contribution in [0.3, 0.4) is 0 Å². The van der Waals surface area contributed by atoms with Gasteiger partial charge < -0.3 is 10.5 Å². The second-order valence-electron chi connectivity index (χ2n) is 6.22. The van der Waals surface area contributed by atoms with Gasteiger partial charge in [-0.1, -0.05) is 6.42 Å². The predicted molar refractivity (Wildman–Crippen MR) is 83.0 cm³/mol. The van der Waals surface area contributed by atoms with Gasteiger partial charge in [-0.25, -0.2) is 17.8 Å². The molecule has 23 heavy (non-hydrogen) atoms. The molecule has 0 bridgehead atoms. The van der Waals surface area contributed by atoms with E-state index >= 15 is 0 Å². The molecular formula is C15H20FN3O3S. The van der Waals surface area contributed by atoms with Crippen LogP contribution >= 0.6 is 0 Å². The summed E-state index contributed by atoms with van der Waals surface area (Å²) in [6.07, 6.45) is 5.11. The normalized spacial score (nSPS) is 20.9. The number of ether oxygens (including phenoxy) is 1. The van der Waals surface area contributed by atoms with Crippen molar-refractivity contribution < 1.29 is 17.5 Å². The van der Waals surface area contributed by atoms with Gasteiger partial charge in [0.15, 0.2) is 0 Å². The van der Waals surface area contributed by atoms with Crippen molar-refractivity contribution in [1.29, 1.82) is 0 Å². The van der Waals surface area contributed by atoms with E-state index in [1.807, 2.05) is 0 Å². The zero-order valence-corrected chi connectivity index (χ0v) is 13.6. The summed E-state index contributed by atoms with van der Waals surface area (Å²) in [5, 5.41) is 0. The van der Waals surface area contributed by atoms with Gasteiger partial charge in [0.1, 0.15) is 11.5 Å². The second-order valence-corrected chi connectivity index (χ2v) is 8.16. The van der Waals surface area contributed by atoms with Crippen LogP contribution < -0.4 is 10.5 Å². The molecule has 1 aliphatic heterocycles. The molecule has 2 fully saturated rings. The molecule has 0 atom stereocenters. The molecule has 3 rings (SSSR count). The monoisotopic (exact) mass is 341 g/mol. The third-order valence-electron chi connectivity index (χ3n) is 4.61. The molecule has 1 spiro atoms. The Labute approximate surface area is 135 Å². The average Bonchev–Trinajstić information content (AvgIpc) is 2.45. The molecule has 2 heterocycles. The maximum atomic E-state index is 12.5. The minimum absolute atomic E-state index is 0.0132. The van der Waals surface area contributed by atoms with E-state index in [1.165, 1.54) is 29.1 Å². The van der Waals surface area contributed by atoms with Crippen molar-refractivity contribution in [3.63, 3.8) is 0 Å². The molecule has 1 saturated carbocycles. The Bertz CT molecular complexity index is 691. The molecule has 1 aromatic heterocycles. The largest absolute Gasteiger partial charge is 0.473 e. The first kappa shape index (κ1) is 16.4. The van der Waals surface area contributed by atoms with E-state index in [-0.39, 0.29) is 29.3 Å². The summed E-state index contributed by atoms with van der Waals surface area (Å²) in [7, 11) is -3.48. The van der Waals surface area contributed by atoms with Crippen molar-refractivity contribution in [3.8, 4) is 5.88 Å². The van der Waals surface area contributed by atoms with Crippen LogP contribution in [-0.4, -0.2) is 43.9 Å². The number of nitrogens with zero attached hydrogens (tertiary/aromatic N) is 2. The maximum absolute atomic E-state index is 12.5. The predicted octanol–water partition coefficient (Wildman–Crippen LogP) is 1.45. The van der Waals surface area contributed by atoms with E-state index < -0.39 is 10.0 Å². The van der Waals surface area contributed by atoms with Gasteiger partial charge >= 0.3 is 0 Å². The quantitative estimate of drug-likeness (QED) is 0.846. The van der Waals surface area contributed by atoms with E-state index in [1.54, 1.807) is 0 Å². The zero-order valence-electron chi connectivity index (χ0n) is 12.7. The van der Waals surface area contributed by atoms with Crippen LogP contribution in [0.4, 0.5) is 4.39 Å². The third-order valence-corrected chi connectivity index (χ3v) is 6.38. The molecule has 2 aliphatic rings. The molecular weight excluding hydrogens is 321 g/mol. The molecule has 6 nitrogen and oxygen atoms in total. The summed E-state index contributed by atoms with van der Waals surface area (Å²) in [6, 6.07) is 2.93. The fourth-order valence-corrected chi connectivity index (χ4v) is 4.53. The molecule has 126 valence electrons. The molecule has 2 N–H and O–H groups in total. The fraction of sp³-hybridized carbons (Fsp3) is 0.533. The molecule has 0 amide bonds. The Morgan fingerprint density at radius 1 is 1.43 bits per heavy atom. The van der Waals surface area contributed by atoms with Gasteiger partial charge in [0.2, 0.25) is 15.9 Å². The highest BCUT2D eigenvalue weighted by molar-refractivity contribution is 7.89. The number of rotatable bonds is 6. The zero-order chi connectivity index (χ0) is 16.5. The van der Waals surface area contributed by atoms with Gasteiger partial charge in [-0.3, -0.25) is 0 Å². The van der Waals surface area contributed by atoms with Crippen LogP contribution in [0.5, 0.6) is 5.88 Å². The van der Waals surface area contributed by atoms with E-state index in [4.69, 9.17) is 10.5 Å². The van der Waals surface area contributed by atoms with Crippen molar-refractivity contribution in [1.82, 2.24) is 9.29 Å². The van der Waals surface area contributed by atoms with Crippen LogP contribution in [0, 0.1) is 5.41 Å². The number of pyridine rings is 1. The average molecular weight is 341 g/mol. The molecule has 1 saturated heterocycles. The smallest absolute Gasteiger partial charge is 0.244 e. The lowest BCUT2D eigenvalue weighted by Crippen LogP contribution is -2.61. The van der Waals surface area contributed by atoms with Gasteiger partial charge in [-0.15, -0.1) is 0 Å². The summed E-state index contributed by atoms with van der Waals surface area (Å²) in [5.74, 6) is 0.232. The number of hydrogen-bond acceptors (Lipinski definition) is 5. The Morgan fingerprint density at radius 3 is 2.65 bits per heavy atom. The summed E-state index contributed by atoms with van der Waals surface area (Å²) in [4.78, 5) is 4.13. The van der Waals surface area contributed by atoms with Crippen LogP contribution in [0.2, 0.25) is 0 Å². The molecule has 0 aromatic carbocycles. The number of sulfonamides is 1. The van der Waals surface area contributed by atoms with Crippen LogP contribution in [0.15, 0.2) is 35.1 Å². The number of halogens is 1. The topological polar surface area (TPSA) is 85.5 Å². The molecule has 1 aromatic rings. The minimum Gasteiger partial charge on any atom is -0.473 e. The van der Waals surface area contributed by atoms with E-state index in [2.05, 4.69) is 4.98 Å². The second kappa shape index (κ2) is 6.18. The van der Waals surface area contributed by atoms with E-state index in [0.717, 1.165) is 12.8 Å². The lowest BCUT2D eigenvalue weighted by Gasteiger charge is -2.54. The Hall–Kier alpha value is -1.51. The lowest BCUT2D eigenvalue weighted by atomic mass is 9.65. The maximum Gasteiger partial charge on any atom is 0.244 e. The molecule has 8 heteroatoms. The first-order valence-electron chi connectivity index (χ1n) is 7.56.